The van der Waals surface area contributed by atoms with Crippen LogP contribution < -0.4 is 4.74 Å². The maximum Gasteiger partial charge on any atom is 0.416 e. The van der Waals surface area contributed by atoms with Gasteiger partial charge in [0.25, 0.3) is 0 Å². The summed E-state index contributed by atoms with van der Waals surface area (Å²) in [6.45, 7) is 9.13. The number of carbonyl (C=O) groups excluding carboxylic acids is 2. The van der Waals surface area contributed by atoms with E-state index in [0.29, 0.717) is 25.9 Å². The van der Waals surface area contributed by atoms with Crippen LogP contribution in [0.15, 0.2) is 49.1 Å². The van der Waals surface area contributed by atoms with E-state index in [-0.39, 0.29) is 52.5 Å². The Kier molecular flexibility index (Phi) is 8.10. The lowest BCUT2D eigenvalue weighted by atomic mass is 9.50. The molecule has 1 saturated carbocycles. The summed E-state index contributed by atoms with van der Waals surface area (Å²) in [6.07, 6.45) is 2.54. The van der Waals surface area contributed by atoms with Crippen LogP contribution in [-0.2, 0) is 22.8 Å². The van der Waals surface area contributed by atoms with Crippen LogP contribution in [0.25, 0.3) is 6.08 Å². The van der Waals surface area contributed by atoms with E-state index in [1.54, 1.807) is 11.0 Å². The average molecular weight is 625 g/mol. The number of phenolic OH excluding ortho intramolecular Hbond substituents is 1. The van der Waals surface area contributed by atoms with Gasteiger partial charge in [0.05, 0.1) is 17.2 Å². The summed E-state index contributed by atoms with van der Waals surface area (Å²) in [5, 5.41) is 21.0. The highest BCUT2D eigenvalue weighted by molar-refractivity contribution is 6.01. The van der Waals surface area contributed by atoms with E-state index in [1.165, 1.54) is 24.3 Å². The molecule has 2 aromatic carbocycles. The molecule has 2 heterocycles. The molecule has 2 N–H and O–H groups in total. The van der Waals surface area contributed by atoms with Crippen LogP contribution in [0.3, 0.4) is 0 Å². The number of amides is 1. The van der Waals surface area contributed by atoms with Crippen LogP contribution in [-0.4, -0.2) is 76.1 Å². The standard InChI is InChI=1S/C35H39F3N2O5/c1-4-13-39-14-12-34-25-9-10-26(33(34)45-32-30(34)22(17-27(25)39)16-24(31(32)44)28(42)19-41)40(18-20(2)3)29(43)11-8-21-6-5-7-23(15-21)35(36,37)38/h4-8,11,15-16,20,25-27,33,41,44H,1,9-10,12-14,17-19H2,2-3H3/t25-,26?,27+,33?,34-/m0/s1. The number of phenols is 1. The zero-order chi connectivity index (χ0) is 32.3. The quantitative estimate of drug-likeness (QED) is 0.221. The maximum absolute atomic E-state index is 13.9. The molecule has 2 aliphatic heterocycles. The number of ketones is 1. The van der Waals surface area contributed by atoms with Crippen LogP contribution in [0.1, 0.15) is 65.7 Å². The van der Waals surface area contributed by atoms with Crippen molar-refractivity contribution >= 4 is 17.8 Å². The lowest BCUT2D eigenvalue weighted by molar-refractivity contribution is -0.138. The van der Waals surface area contributed by atoms with E-state index in [2.05, 4.69) is 11.5 Å². The molecule has 2 aliphatic carbocycles. The molecule has 2 unspecified atom stereocenters. The van der Waals surface area contributed by atoms with E-state index >= 15 is 0 Å². The molecule has 1 saturated heterocycles. The summed E-state index contributed by atoms with van der Waals surface area (Å²) in [5.41, 5.74) is 0.866. The number of benzene rings is 2. The second kappa shape index (κ2) is 11.6. The van der Waals surface area contributed by atoms with Gasteiger partial charge in [-0.25, -0.2) is 0 Å². The van der Waals surface area contributed by atoms with Gasteiger partial charge < -0.3 is 19.8 Å². The summed E-state index contributed by atoms with van der Waals surface area (Å²) in [4.78, 5) is 30.8. The van der Waals surface area contributed by atoms with Crippen molar-refractivity contribution in [2.24, 2.45) is 11.8 Å². The normalized spacial score (nSPS) is 26.9. The number of carbonyl (C=O) groups is 2. The average Bonchev–Trinajstić information content (AvgIpc) is 3.35. The van der Waals surface area contributed by atoms with Gasteiger partial charge in [0, 0.05) is 36.2 Å². The fourth-order valence-corrected chi connectivity index (χ4v) is 8.55. The highest BCUT2D eigenvalue weighted by Gasteiger charge is 2.66. The zero-order valence-corrected chi connectivity index (χ0v) is 25.5. The molecule has 0 aromatic heterocycles. The number of piperidine rings is 1. The monoisotopic (exact) mass is 624 g/mol. The predicted octanol–water partition coefficient (Wildman–Crippen LogP) is 5.38. The smallest absolute Gasteiger partial charge is 0.416 e. The maximum atomic E-state index is 13.9. The van der Waals surface area contributed by atoms with E-state index in [1.807, 2.05) is 19.9 Å². The molecule has 1 amide bonds. The lowest BCUT2D eigenvalue weighted by Crippen LogP contribution is -2.69. The summed E-state index contributed by atoms with van der Waals surface area (Å²) in [5.74, 6) is -0.619. The number of hydrogen-bond acceptors (Lipinski definition) is 6. The molecule has 4 aliphatic rings. The summed E-state index contributed by atoms with van der Waals surface area (Å²) < 4.78 is 46.6. The fraction of sp³-hybridized carbons (Fsp3) is 0.486. The minimum Gasteiger partial charge on any atom is -0.504 e. The number of nitrogens with zero attached hydrogens (tertiary/aromatic N) is 2. The second-order valence-corrected chi connectivity index (χ2v) is 13.2. The third-order valence-corrected chi connectivity index (χ3v) is 10.2. The number of aliphatic hydroxyl groups excluding tert-OH is 1. The van der Waals surface area contributed by atoms with Crippen molar-refractivity contribution in [2.45, 2.75) is 69.3 Å². The minimum absolute atomic E-state index is 0.0313. The van der Waals surface area contributed by atoms with Crippen LogP contribution in [0, 0.1) is 11.8 Å². The molecule has 10 heteroatoms. The van der Waals surface area contributed by atoms with E-state index < -0.39 is 35.6 Å². The first-order valence-corrected chi connectivity index (χ1v) is 15.6. The Morgan fingerprint density at radius 2 is 2.02 bits per heavy atom. The van der Waals surface area contributed by atoms with Crippen LogP contribution >= 0.6 is 0 Å². The number of likely N-dealkylation sites (tertiary alicyclic amines) is 1. The first-order chi connectivity index (χ1) is 21.4. The minimum atomic E-state index is -4.49. The van der Waals surface area contributed by atoms with Crippen molar-refractivity contribution in [3.8, 4) is 11.5 Å². The van der Waals surface area contributed by atoms with E-state index in [9.17, 15) is 33.0 Å². The highest BCUT2D eigenvalue weighted by Crippen LogP contribution is 2.64. The van der Waals surface area contributed by atoms with Gasteiger partial charge >= 0.3 is 6.18 Å². The first-order valence-electron chi connectivity index (χ1n) is 15.6. The molecule has 45 heavy (non-hydrogen) atoms. The second-order valence-electron chi connectivity index (χ2n) is 13.2. The van der Waals surface area contributed by atoms with Crippen molar-refractivity contribution in [3.63, 3.8) is 0 Å². The van der Waals surface area contributed by atoms with Crippen molar-refractivity contribution in [2.75, 3.05) is 26.2 Å². The van der Waals surface area contributed by atoms with Gasteiger partial charge in [-0.1, -0.05) is 32.1 Å². The number of alkyl halides is 3. The van der Waals surface area contributed by atoms with Crippen LogP contribution in [0.2, 0.25) is 0 Å². The largest absolute Gasteiger partial charge is 0.504 e. The predicted molar refractivity (Wildman–Crippen MR) is 163 cm³/mol. The number of ether oxygens (including phenoxy) is 1. The molecular formula is C35H39F3N2O5. The molecule has 5 atom stereocenters. The van der Waals surface area contributed by atoms with Gasteiger partial charge in [0.1, 0.15) is 12.7 Å². The van der Waals surface area contributed by atoms with Crippen LogP contribution in [0.4, 0.5) is 13.2 Å². The summed E-state index contributed by atoms with van der Waals surface area (Å²) in [6, 6.07) is 6.36. The van der Waals surface area contributed by atoms with E-state index in [0.717, 1.165) is 42.6 Å². The fourth-order valence-electron chi connectivity index (χ4n) is 8.55. The molecule has 7 nitrogen and oxygen atoms in total. The Hall–Kier alpha value is -3.63. The highest BCUT2D eigenvalue weighted by atomic mass is 19.4. The van der Waals surface area contributed by atoms with Gasteiger partial charge in [-0.2, -0.15) is 13.2 Å². The number of aromatic hydroxyl groups is 1. The summed E-state index contributed by atoms with van der Waals surface area (Å²) >= 11 is 0. The Bertz CT molecular complexity index is 1550. The molecule has 2 aromatic rings. The lowest BCUT2D eigenvalue weighted by Gasteiger charge is -2.60. The SMILES string of the molecule is C=CCN1CC[C@]23c4c5cc(C(=O)CO)c(O)c4OC2C(N(CC(C)C)C(=O)C=Cc2cccc(C(F)(F)F)c2)CC[C@H]3[C@H]1C5. The Balaban J connectivity index is 1.41. The Morgan fingerprint density at radius 1 is 1.24 bits per heavy atom. The molecule has 2 fully saturated rings. The number of Topliss-reactive ketones (excluding diaryl/α,β-unsaturated/α-hetero) is 1. The third kappa shape index (κ3) is 5.16. The molecule has 0 radical (unpaired) electrons. The van der Waals surface area contributed by atoms with Gasteiger partial charge in [0.15, 0.2) is 17.3 Å². The molecule has 6 rings (SSSR count). The van der Waals surface area contributed by atoms with Crippen molar-refractivity contribution in [1.29, 1.82) is 0 Å². The molecule has 1 spiro atoms. The van der Waals surface area contributed by atoms with Gasteiger partial charge in [-0.05, 0) is 79.5 Å². The molecule has 240 valence electrons. The Morgan fingerprint density at radius 3 is 2.71 bits per heavy atom. The Labute approximate surface area is 261 Å². The number of aliphatic hydroxyl groups is 1. The number of rotatable bonds is 9. The van der Waals surface area contributed by atoms with Crippen molar-refractivity contribution in [3.05, 3.63) is 76.9 Å². The zero-order valence-electron chi connectivity index (χ0n) is 25.5. The first kappa shape index (κ1) is 31.4. The van der Waals surface area contributed by atoms with Gasteiger partial charge in [-0.3, -0.25) is 14.5 Å². The van der Waals surface area contributed by atoms with E-state index in [4.69, 9.17) is 4.74 Å². The van der Waals surface area contributed by atoms with Crippen molar-refractivity contribution < 1.29 is 37.7 Å². The molecule has 2 bridgehead atoms. The van der Waals surface area contributed by atoms with Gasteiger partial charge in [-0.15, -0.1) is 6.58 Å². The number of halogens is 3. The molecular weight excluding hydrogens is 585 g/mol. The third-order valence-electron chi connectivity index (χ3n) is 10.2. The number of hydrogen-bond donors (Lipinski definition) is 2. The van der Waals surface area contributed by atoms with Crippen LogP contribution in [0.5, 0.6) is 11.5 Å². The van der Waals surface area contributed by atoms with Crippen molar-refractivity contribution in [1.82, 2.24) is 9.80 Å². The topological polar surface area (TPSA) is 90.3 Å². The summed E-state index contributed by atoms with van der Waals surface area (Å²) in [7, 11) is 0. The van der Waals surface area contributed by atoms with Gasteiger partial charge in [0.2, 0.25) is 5.91 Å².